The van der Waals surface area contributed by atoms with Crippen LogP contribution in [0.15, 0.2) is 39.4 Å². The molecule has 0 bridgehead atoms. The minimum Gasteiger partial charge on any atom is -0.475 e. The zero-order valence-corrected chi connectivity index (χ0v) is 12.4. The van der Waals surface area contributed by atoms with Crippen LogP contribution in [0.4, 0.5) is 5.69 Å². The first kappa shape index (κ1) is 14.6. The molecule has 1 aromatic heterocycles. The largest absolute Gasteiger partial charge is 0.475 e. The maximum Gasteiger partial charge on any atom is 0.372 e. The molecule has 2 N–H and O–H groups in total. The number of ether oxygens (including phenoxy) is 1. The van der Waals surface area contributed by atoms with Crippen LogP contribution in [0.3, 0.4) is 0 Å². The van der Waals surface area contributed by atoms with Gasteiger partial charge in [-0.3, -0.25) is 0 Å². The third kappa shape index (κ3) is 3.20. The molecular weight excluding hydrogens is 326 g/mol. The number of anilines is 1. The predicted octanol–water partition coefficient (Wildman–Crippen LogP) is 3.50. The molecule has 106 valence electrons. The number of methoxy groups -OCH3 is 1. The monoisotopic (exact) mass is 339 g/mol. The fourth-order valence-electron chi connectivity index (χ4n) is 1.87. The van der Waals surface area contributed by atoms with E-state index in [0.717, 1.165) is 15.7 Å². The van der Waals surface area contributed by atoms with Gasteiger partial charge < -0.3 is 19.6 Å². The van der Waals surface area contributed by atoms with E-state index in [9.17, 15) is 4.79 Å². The van der Waals surface area contributed by atoms with Gasteiger partial charge in [0.15, 0.2) is 0 Å². The maximum atomic E-state index is 11.0. The number of carbonyl (C=O) groups is 1. The summed E-state index contributed by atoms with van der Waals surface area (Å²) in [6, 6.07) is 7.39. The molecule has 2 rings (SSSR count). The number of nitrogens with one attached hydrogen (secondary N) is 1. The Morgan fingerprint density at radius 3 is 2.95 bits per heavy atom. The Morgan fingerprint density at radius 2 is 2.25 bits per heavy atom. The second-order valence-electron chi connectivity index (χ2n) is 4.13. The molecule has 0 aliphatic carbocycles. The van der Waals surface area contributed by atoms with Crippen LogP contribution >= 0.6 is 15.9 Å². The first-order valence-electron chi connectivity index (χ1n) is 5.93. The van der Waals surface area contributed by atoms with Gasteiger partial charge in [-0.05, 0) is 18.2 Å². The van der Waals surface area contributed by atoms with Gasteiger partial charge in [-0.1, -0.05) is 22.0 Å². The summed E-state index contributed by atoms with van der Waals surface area (Å²) in [5.74, 6) is -1.11. The average molecular weight is 340 g/mol. The average Bonchev–Trinajstić information content (AvgIpc) is 2.88. The molecule has 0 fully saturated rings. The van der Waals surface area contributed by atoms with Crippen LogP contribution in [0.1, 0.15) is 21.7 Å². The minimum atomic E-state index is -1.07. The van der Waals surface area contributed by atoms with E-state index in [4.69, 9.17) is 14.3 Å². The van der Waals surface area contributed by atoms with Gasteiger partial charge in [-0.15, -0.1) is 0 Å². The molecule has 0 aliphatic heterocycles. The molecule has 5 nitrogen and oxygen atoms in total. The smallest absolute Gasteiger partial charge is 0.372 e. The highest BCUT2D eigenvalue weighted by molar-refractivity contribution is 9.10. The van der Waals surface area contributed by atoms with Gasteiger partial charge in [-0.2, -0.15) is 0 Å². The van der Waals surface area contributed by atoms with E-state index in [1.54, 1.807) is 13.2 Å². The Bertz CT molecular complexity index is 609. The van der Waals surface area contributed by atoms with Crippen molar-refractivity contribution in [2.75, 3.05) is 12.4 Å². The Labute approximate surface area is 124 Å². The predicted molar refractivity (Wildman–Crippen MR) is 77.8 cm³/mol. The Hall–Kier alpha value is -1.79. The topological polar surface area (TPSA) is 71.7 Å². The van der Waals surface area contributed by atoms with Crippen molar-refractivity contribution >= 4 is 27.6 Å². The molecule has 0 unspecified atom stereocenters. The lowest BCUT2D eigenvalue weighted by molar-refractivity contribution is 0.0661. The van der Waals surface area contributed by atoms with Gasteiger partial charge in [0.1, 0.15) is 0 Å². The molecule has 1 heterocycles. The first-order valence-corrected chi connectivity index (χ1v) is 6.72. The maximum absolute atomic E-state index is 11.0. The van der Waals surface area contributed by atoms with Crippen molar-refractivity contribution in [2.24, 2.45) is 0 Å². The van der Waals surface area contributed by atoms with Crippen molar-refractivity contribution < 1.29 is 19.1 Å². The molecule has 0 radical (unpaired) electrons. The van der Waals surface area contributed by atoms with E-state index < -0.39 is 5.97 Å². The summed E-state index contributed by atoms with van der Waals surface area (Å²) in [5, 5.41) is 12.2. The molecule has 0 atom stereocenters. The second kappa shape index (κ2) is 6.58. The molecule has 20 heavy (non-hydrogen) atoms. The normalized spacial score (nSPS) is 10.5. The van der Waals surface area contributed by atoms with Crippen LogP contribution in [-0.2, 0) is 17.9 Å². The molecule has 0 amide bonds. The van der Waals surface area contributed by atoms with Crippen LogP contribution in [0.2, 0.25) is 0 Å². The number of furan rings is 1. The third-order valence-electron chi connectivity index (χ3n) is 2.82. The Kier molecular flexibility index (Phi) is 4.81. The van der Waals surface area contributed by atoms with E-state index in [2.05, 4.69) is 21.2 Å². The van der Waals surface area contributed by atoms with Crippen LogP contribution in [0, 0.1) is 0 Å². The third-order valence-corrected chi connectivity index (χ3v) is 3.56. The minimum absolute atomic E-state index is 0.0409. The highest BCUT2D eigenvalue weighted by atomic mass is 79.9. The van der Waals surface area contributed by atoms with Gasteiger partial charge >= 0.3 is 5.97 Å². The summed E-state index contributed by atoms with van der Waals surface area (Å²) >= 11 is 3.47. The van der Waals surface area contributed by atoms with Gasteiger partial charge in [0, 0.05) is 34.9 Å². The number of benzene rings is 1. The second-order valence-corrected chi connectivity index (χ2v) is 4.99. The summed E-state index contributed by atoms with van der Waals surface area (Å²) in [7, 11) is 1.63. The number of rotatable bonds is 6. The zero-order valence-electron chi connectivity index (χ0n) is 10.9. The summed E-state index contributed by atoms with van der Waals surface area (Å²) in [6.45, 7) is 0.826. The molecule has 0 saturated carbocycles. The zero-order chi connectivity index (χ0) is 14.5. The van der Waals surface area contributed by atoms with E-state index in [-0.39, 0.29) is 5.76 Å². The van der Waals surface area contributed by atoms with E-state index in [1.165, 1.54) is 6.26 Å². The number of halogens is 1. The summed E-state index contributed by atoms with van der Waals surface area (Å²) in [4.78, 5) is 11.0. The highest BCUT2D eigenvalue weighted by Gasteiger charge is 2.14. The lowest BCUT2D eigenvalue weighted by Crippen LogP contribution is -2.06. The van der Waals surface area contributed by atoms with E-state index in [1.807, 2.05) is 18.2 Å². The van der Waals surface area contributed by atoms with Gasteiger partial charge in [0.25, 0.3) is 0 Å². The summed E-state index contributed by atoms with van der Waals surface area (Å²) < 4.78 is 11.0. The number of hydrogen-bond donors (Lipinski definition) is 2. The summed E-state index contributed by atoms with van der Waals surface area (Å²) in [5.41, 5.74) is 2.47. The summed E-state index contributed by atoms with van der Waals surface area (Å²) in [6.07, 6.45) is 1.37. The van der Waals surface area contributed by atoms with Crippen molar-refractivity contribution in [1.82, 2.24) is 0 Å². The molecule has 1 aromatic carbocycles. The van der Waals surface area contributed by atoms with Crippen molar-refractivity contribution in [2.45, 2.75) is 13.2 Å². The van der Waals surface area contributed by atoms with Crippen molar-refractivity contribution in [1.29, 1.82) is 0 Å². The fourth-order valence-corrected chi connectivity index (χ4v) is 2.35. The Balaban J connectivity index is 2.16. The van der Waals surface area contributed by atoms with Gasteiger partial charge in [-0.25, -0.2) is 4.79 Å². The Morgan fingerprint density at radius 1 is 1.45 bits per heavy atom. The number of carboxylic acids is 1. The molecule has 0 aliphatic rings. The van der Waals surface area contributed by atoms with Gasteiger partial charge in [0.2, 0.25) is 5.76 Å². The first-order chi connectivity index (χ1) is 9.63. The lowest BCUT2D eigenvalue weighted by Gasteiger charge is -2.13. The SMILES string of the molecule is COCc1c(Br)cccc1NCc1ccoc1C(=O)O. The van der Waals surface area contributed by atoms with E-state index >= 15 is 0 Å². The number of aromatic carboxylic acids is 1. The standard InChI is InChI=1S/C14H14BrNO4/c1-19-8-10-11(15)3-2-4-12(10)16-7-9-5-6-20-13(9)14(17)18/h2-6,16H,7-8H2,1H3,(H,17,18). The molecule has 0 saturated heterocycles. The molecule has 0 spiro atoms. The van der Waals surface area contributed by atoms with Crippen molar-refractivity contribution in [3.05, 3.63) is 51.9 Å². The number of hydrogen-bond acceptors (Lipinski definition) is 4. The fraction of sp³-hybridized carbons (Fsp3) is 0.214. The quantitative estimate of drug-likeness (QED) is 0.842. The highest BCUT2D eigenvalue weighted by Crippen LogP contribution is 2.26. The number of carboxylic acid groups (broad SMARTS) is 1. The van der Waals surface area contributed by atoms with Crippen LogP contribution < -0.4 is 5.32 Å². The molecular formula is C14H14BrNO4. The van der Waals surface area contributed by atoms with Crippen LogP contribution in [0.5, 0.6) is 0 Å². The van der Waals surface area contributed by atoms with Crippen LogP contribution in [-0.4, -0.2) is 18.2 Å². The van der Waals surface area contributed by atoms with Crippen LogP contribution in [0.25, 0.3) is 0 Å². The molecule has 2 aromatic rings. The van der Waals surface area contributed by atoms with Crippen molar-refractivity contribution in [3.63, 3.8) is 0 Å². The lowest BCUT2D eigenvalue weighted by atomic mass is 10.1. The van der Waals surface area contributed by atoms with Gasteiger partial charge in [0.05, 0.1) is 12.9 Å². The molecule has 6 heteroatoms. The van der Waals surface area contributed by atoms with E-state index in [0.29, 0.717) is 18.7 Å². The van der Waals surface area contributed by atoms with Crippen molar-refractivity contribution in [3.8, 4) is 0 Å².